The first-order valence-corrected chi connectivity index (χ1v) is 7.66. The number of aromatic nitrogens is 2. The number of piperidine rings is 1. The molecule has 2 heterocycles. The molecule has 0 bridgehead atoms. The third-order valence-electron chi connectivity index (χ3n) is 2.46. The van der Waals surface area contributed by atoms with Crippen LogP contribution in [-0.4, -0.2) is 37.5 Å². The van der Waals surface area contributed by atoms with Crippen LogP contribution in [0.1, 0.15) is 12.8 Å². The fourth-order valence-corrected chi connectivity index (χ4v) is 3.93. The molecule has 8 heteroatoms. The van der Waals surface area contributed by atoms with Crippen molar-refractivity contribution >= 4 is 26.5 Å². The van der Waals surface area contributed by atoms with Crippen molar-refractivity contribution in [3.63, 3.8) is 0 Å². The Kier molecular flexibility index (Phi) is 3.72. The summed E-state index contributed by atoms with van der Waals surface area (Å²) in [4.78, 5) is 0. The van der Waals surface area contributed by atoms with Crippen LogP contribution >= 0.6 is 11.3 Å². The molecule has 2 rings (SSSR count). The number of hydrogen-bond acceptors (Lipinski definition) is 6. The van der Waals surface area contributed by atoms with Crippen LogP contribution < -0.4 is 10.0 Å². The second kappa shape index (κ2) is 5.07. The molecule has 1 saturated heterocycles. The summed E-state index contributed by atoms with van der Waals surface area (Å²) >= 11 is 1.18. The number of nitrogens with one attached hydrogen (secondary N) is 2. The van der Waals surface area contributed by atoms with Gasteiger partial charge < -0.3 is 5.32 Å². The summed E-state index contributed by atoms with van der Waals surface area (Å²) in [5.41, 5.74) is 1.50. The first-order chi connectivity index (χ1) is 7.66. The highest BCUT2D eigenvalue weighted by atomic mass is 32.2. The van der Waals surface area contributed by atoms with E-state index in [1.807, 2.05) is 0 Å². The number of rotatable bonds is 4. The first-order valence-electron chi connectivity index (χ1n) is 5.13. The topological polar surface area (TPSA) is 84.0 Å². The molecule has 0 aromatic carbocycles. The summed E-state index contributed by atoms with van der Waals surface area (Å²) in [5, 5.41) is 10.8. The molecule has 0 saturated carbocycles. The van der Waals surface area contributed by atoms with Gasteiger partial charge >= 0.3 is 0 Å². The minimum atomic E-state index is -3.29. The smallest absolute Gasteiger partial charge is 0.234 e. The summed E-state index contributed by atoms with van der Waals surface area (Å²) < 4.78 is 26.0. The van der Waals surface area contributed by atoms with Crippen molar-refractivity contribution in [1.29, 1.82) is 0 Å². The van der Waals surface area contributed by atoms with Gasteiger partial charge in [0.2, 0.25) is 15.2 Å². The van der Waals surface area contributed by atoms with Crippen LogP contribution in [0.3, 0.4) is 0 Å². The molecule has 90 valence electrons. The molecule has 1 unspecified atom stereocenters. The van der Waals surface area contributed by atoms with E-state index in [4.69, 9.17) is 0 Å². The monoisotopic (exact) mass is 262 g/mol. The van der Waals surface area contributed by atoms with Gasteiger partial charge in [-0.3, -0.25) is 4.72 Å². The van der Waals surface area contributed by atoms with Gasteiger partial charge in [0, 0.05) is 0 Å². The SMILES string of the molecule is O=S(=O)(CC1CCCNC1)Nc1nncs1. The molecule has 0 radical (unpaired) electrons. The molecule has 1 aliphatic rings. The largest absolute Gasteiger partial charge is 0.316 e. The molecule has 1 aromatic rings. The average Bonchev–Trinajstić information content (AvgIpc) is 2.70. The zero-order valence-electron chi connectivity index (χ0n) is 8.72. The molecular weight excluding hydrogens is 248 g/mol. The quantitative estimate of drug-likeness (QED) is 0.814. The standard InChI is InChI=1S/C8H14N4O2S2/c13-16(14,12-8-11-10-6-15-8)5-7-2-1-3-9-4-7/h6-7,9H,1-5H2,(H,11,12). The molecular formula is C8H14N4O2S2. The van der Waals surface area contributed by atoms with E-state index in [9.17, 15) is 8.42 Å². The number of nitrogens with zero attached hydrogens (tertiary/aromatic N) is 2. The Hall–Kier alpha value is -0.730. The molecule has 0 amide bonds. The third kappa shape index (κ3) is 3.39. The van der Waals surface area contributed by atoms with Crippen molar-refractivity contribution in [2.45, 2.75) is 12.8 Å². The average molecular weight is 262 g/mol. The Bertz CT molecular complexity index is 411. The van der Waals surface area contributed by atoms with Crippen molar-refractivity contribution in [3.8, 4) is 0 Å². The van der Waals surface area contributed by atoms with E-state index in [1.54, 1.807) is 0 Å². The van der Waals surface area contributed by atoms with Crippen LogP contribution in [0.25, 0.3) is 0 Å². The molecule has 16 heavy (non-hydrogen) atoms. The number of sulfonamides is 1. The van der Waals surface area contributed by atoms with Gasteiger partial charge in [-0.25, -0.2) is 8.42 Å². The third-order valence-corrected chi connectivity index (χ3v) is 4.61. The lowest BCUT2D eigenvalue weighted by atomic mass is 10.0. The van der Waals surface area contributed by atoms with Crippen molar-refractivity contribution in [2.24, 2.45) is 5.92 Å². The molecule has 1 atom stereocenters. The van der Waals surface area contributed by atoms with Gasteiger partial charge in [0.15, 0.2) is 0 Å². The fourth-order valence-electron chi connectivity index (χ4n) is 1.77. The van der Waals surface area contributed by atoms with E-state index in [1.165, 1.54) is 16.8 Å². The Morgan fingerprint density at radius 1 is 1.62 bits per heavy atom. The molecule has 0 aliphatic carbocycles. The Morgan fingerprint density at radius 2 is 2.50 bits per heavy atom. The minimum Gasteiger partial charge on any atom is -0.316 e. The van der Waals surface area contributed by atoms with E-state index < -0.39 is 10.0 Å². The molecule has 0 spiro atoms. The lowest BCUT2D eigenvalue weighted by Gasteiger charge is -2.22. The van der Waals surface area contributed by atoms with Crippen LogP contribution in [0, 0.1) is 5.92 Å². The van der Waals surface area contributed by atoms with Gasteiger partial charge in [-0.1, -0.05) is 11.3 Å². The highest BCUT2D eigenvalue weighted by Gasteiger charge is 2.21. The maximum absolute atomic E-state index is 11.8. The van der Waals surface area contributed by atoms with Gasteiger partial charge in [-0.2, -0.15) is 0 Å². The predicted octanol–water partition coefficient (Wildman–Crippen LogP) is 0.279. The summed E-state index contributed by atoms with van der Waals surface area (Å²) in [5.74, 6) is 0.346. The second-order valence-corrected chi connectivity index (χ2v) is 6.44. The zero-order valence-corrected chi connectivity index (χ0v) is 10.4. The lowest BCUT2D eigenvalue weighted by Crippen LogP contribution is -2.35. The van der Waals surface area contributed by atoms with E-state index in [2.05, 4.69) is 20.2 Å². The molecule has 1 aromatic heterocycles. The van der Waals surface area contributed by atoms with E-state index >= 15 is 0 Å². The van der Waals surface area contributed by atoms with Crippen molar-refractivity contribution in [1.82, 2.24) is 15.5 Å². The molecule has 6 nitrogen and oxygen atoms in total. The molecule has 1 fully saturated rings. The second-order valence-electron chi connectivity index (χ2n) is 3.84. The maximum atomic E-state index is 11.8. The predicted molar refractivity (Wildman–Crippen MR) is 62.9 cm³/mol. The van der Waals surface area contributed by atoms with Gasteiger partial charge in [0.1, 0.15) is 5.51 Å². The number of anilines is 1. The minimum absolute atomic E-state index is 0.152. The summed E-state index contributed by atoms with van der Waals surface area (Å²) in [6.45, 7) is 1.76. The van der Waals surface area contributed by atoms with Crippen molar-refractivity contribution < 1.29 is 8.42 Å². The Labute approximate surface area is 98.5 Å². The summed E-state index contributed by atoms with van der Waals surface area (Å²) in [6.07, 6.45) is 2.00. The van der Waals surface area contributed by atoms with Crippen LogP contribution in [0.15, 0.2) is 5.51 Å². The van der Waals surface area contributed by atoms with Crippen LogP contribution in [0.2, 0.25) is 0 Å². The van der Waals surface area contributed by atoms with E-state index in [0.717, 1.165) is 25.9 Å². The van der Waals surface area contributed by atoms with Gasteiger partial charge in [0.05, 0.1) is 5.75 Å². The number of hydrogen-bond donors (Lipinski definition) is 2. The van der Waals surface area contributed by atoms with Gasteiger partial charge in [-0.15, -0.1) is 10.2 Å². The Morgan fingerprint density at radius 3 is 3.12 bits per heavy atom. The maximum Gasteiger partial charge on any atom is 0.234 e. The Balaban J connectivity index is 1.92. The zero-order chi connectivity index (χ0) is 11.4. The van der Waals surface area contributed by atoms with Gasteiger partial charge in [-0.05, 0) is 31.8 Å². The van der Waals surface area contributed by atoms with Crippen molar-refractivity contribution in [3.05, 3.63) is 5.51 Å². The molecule has 1 aliphatic heterocycles. The van der Waals surface area contributed by atoms with Gasteiger partial charge in [0.25, 0.3) is 0 Å². The molecule has 2 N–H and O–H groups in total. The van der Waals surface area contributed by atoms with E-state index in [-0.39, 0.29) is 11.7 Å². The van der Waals surface area contributed by atoms with Crippen LogP contribution in [0.5, 0.6) is 0 Å². The first kappa shape index (κ1) is 11.7. The van der Waals surface area contributed by atoms with Crippen LogP contribution in [-0.2, 0) is 10.0 Å². The highest BCUT2D eigenvalue weighted by Crippen LogP contribution is 2.16. The summed E-state index contributed by atoms with van der Waals surface area (Å²) in [6, 6.07) is 0. The van der Waals surface area contributed by atoms with E-state index in [0.29, 0.717) is 5.13 Å². The summed E-state index contributed by atoms with van der Waals surface area (Å²) in [7, 11) is -3.29. The van der Waals surface area contributed by atoms with Crippen molar-refractivity contribution in [2.75, 3.05) is 23.6 Å². The fraction of sp³-hybridized carbons (Fsp3) is 0.750. The normalized spacial score (nSPS) is 21.9. The highest BCUT2D eigenvalue weighted by molar-refractivity contribution is 7.92. The van der Waals surface area contributed by atoms with Crippen LogP contribution in [0.4, 0.5) is 5.13 Å². The lowest BCUT2D eigenvalue weighted by molar-refractivity contribution is 0.404.